The molecule has 0 aliphatic heterocycles. The quantitative estimate of drug-likeness (QED) is 0.841. The van der Waals surface area contributed by atoms with Crippen molar-refractivity contribution in [3.8, 4) is 0 Å². The van der Waals surface area contributed by atoms with E-state index in [1.54, 1.807) is 23.0 Å². The molecule has 0 saturated carbocycles. The van der Waals surface area contributed by atoms with Gasteiger partial charge in [-0.05, 0) is 12.1 Å². The predicted octanol–water partition coefficient (Wildman–Crippen LogP) is 1.22. The third kappa shape index (κ3) is 3.36. The van der Waals surface area contributed by atoms with Gasteiger partial charge in [0.05, 0.1) is 17.7 Å². The highest BCUT2D eigenvalue weighted by molar-refractivity contribution is 7.91. The molecule has 0 amide bonds. The van der Waals surface area contributed by atoms with Gasteiger partial charge in [-0.15, -0.1) is 22.7 Å². The van der Waals surface area contributed by atoms with Gasteiger partial charge in [0.1, 0.15) is 4.21 Å². The van der Waals surface area contributed by atoms with Crippen LogP contribution in [0.3, 0.4) is 0 Å². The zero-order chi connectivity index (χ0) is 13.0. The number of sulfonamides is 1. The van der Waals surface area contributed by atoms with Crippen LogP contribution in [0.2, 0.25) is 0 Å². The van der Waals surface area contributed by atoms with Crippen LogP contribution < -0.4 is 4.72 Å². The Labute approximate surface area is 113 Å². The van der Waals surface area contributed by atoms with Gasteiger partial charge in [0, 0.05) is 23.3 Å². The summed E-state index contributed by atoms with van der Waals surface area (Å²) < 4.78 is 26.7. The lowest BCUT2D eigenvalue weighted by Crippen LogP contribution is -2.22. The molecule has 0 aliphatic rings. The molecular weight excluding hydrogens is 292 g/mol. The molecule has 2 heterocycles. The number of nitrogens with zero attached hydrogens (tertiary/aromatic N) is 1. The smallest absolute Gasteiger partial charge is 0.250 e. The molecule has 8 heteroatoms. The Morgan fingerprint density at radius 3 is 2.89 bits per heavy atom. The maximum atomic E-state index is 12.0. The van der Waals surface area contributed by atoms with Crippen molar-refractivity contribution < 1.29 is 13.5 Å². The Hall–Kier alpha value is -0.800. The third-order valence-corrected chi connectivity index (χ3v) is 5.86. The van der Waals surface area contributed by atoms with Gasteiger partial charge in [-0.25, -0.2) is 18.1 Å². The summed E-state index contributed by atoms with van der Waals surface area (Å²) in [6.45, 7) is 0.214. The monoisotopic (exact) mass is 304 g/mol. The van der Waals surface area contributed by atoms with Crippen LogP contribution in [0.15, 0.2) is 27.2 Å². The molecule has 0 spiro atoms. The van der Waals surface area contributed by atoms with E-state index >= 15 is 0 Å². The summed E-state index contributed by atoms with van der Waals surface area (Å²) >= 11 is 2.60. The van der Waals surface area contributed by atoms with Crippen LogP contribution in [-0.2, 0) is 23.0 Å². The molecule has 0 fully saturated rings. The molecular formula is C10H12N2O3S3. The molecule has 2 N–H and O–H groups in total. The summed E-state index contributed by atoms with van der Waals surface area (Å²) in [5.41, 5.74) is 2.37. The van der Waals surface area contributed by atoms with E-state index in [9.17, 15) is 8.42 Å². The Morgan fingerprint density at radius 2 is 2.22 bits per heavy atom. The van der Waals surface area contributed by atoms with Crippen LogP contribution in [0.4, 0.5) is 0 Å². The molecule has 0 unspecified atom stereocenters. The zero-order valence-corrected chi connectivity index (χ0v) is 11.8. The Balaban J connectivity index is 2.05. The van der Waals surface area contributed by atoms with Crippen LogP contribution in [0.5, 0.6) is 0 Å². The van der Waals surface area contributed by atoms with Gasteiger partial charge in [-0.3, -0.25) is 0 Å². The number of thiazole rings is 1. The van der Waals surface area contributed by atoms with Crippen molar-refractivity contribution in [2.75, 3.05) is 6.61 Å². The minimum Gasteiger partial charge on any atom is -0.396 e. The fraction of sp³-hybridized carbons (Fsp3) is 0.300. The van der Waals surface area contributed by atoms with Crippen molar-refractivity contribution in [3.63, 3.8) is 0 Å². The second-order valence-electron chi connectivity index (χ2n) is 3.50. The summed E-state index contributed by atoms with van der Waals surface area (Å²) in [6, 6.07) is 3.28. The van der Waals surface area contributed by atoms with E-state index in [1.807, 2.05) is 0 Å². The first-order valence-electron chi connectivity index (χ1n) is 5.18. The van der Waals surface area contributed by atoms with Crippen LogP contribution >= 0.6 is 22.7 Å². The van der Waals surface area contributed by atoms with Crippen LogP contribution in [0.1, 0.15) is 10.6 Å². The highest BCUT2D eigenvalue weighted by Gasteiger charge is 2.16. The largest absolute Gasteiger partial charge is 0.396 e. The molecule has 0 bridgehead atoms. The molecule has 2 rings (SSSR count). The summed E-state index contributed by atoms with van der Waals surface area (Å²) in [5, 5.41) is 10.6. The van der Waals surface area contributed by atoms with Crippen molar-refractivity contribution >= 4 is 32.7 Å². The molecule has 2 aromatic rings. The molecule has 2 aromatic heterocycles. The number of aromatic nitrogens is 1. The number of aliphatic hydroxyl groups excluding tert-OH is 1. The lowest BCUT2D eigenvalue weighted by Gasteiger charge is -2.02. The van der Waals surface area contributed by atoms with Gasteiger partial charge in [0.25, 0.3) is 0 Å². The van der Waals surface area contributed by atoms with E-state index in [0.29, 0.717) is 12.1 Å². The van der Waals surface area contributed by atoms with Crippen LogP contribution in [0, 0.1) is 0 Å². The number of thiophene rings is 1. The van der Waals surface area contributed by atoms with Gasteiger partial charge in [-0.2, -0.15) is 0 Å². The fourth-order valence-corrected chi connectivity index (χ4v) is 4.26. The molecule has 0 aromatic carbocycles. The van der Waals surface area contributed by atoms with Crippen LogP contribution in [0.25, 0.3) is 0 Å². The van der Waals surface area contributed by atoms with Gasteiger partial charge < -0.3 is 5.11 Å². The zero-order valence-electron chi connectivity index (χ0n) is 9.37. The van der Waals surface area contributed by atoms with Gasteiger partial charge in [0.15, 0.2) is 0 Å². The number of hydrogen-bond donors (Lipinski definition) is 2. The molecule has 98 valence electrons. The van der Waals surface area contributed by atoms with Gasteiger partial charge >= 0.3 is 0 Å². The van der Waals surface area contributed by atoms with Crippen molar-refractivity contribution in [3.05, 3.63) is 33.6 Å². The van der Waals surface area contributed by atoms with E-state index in [0.717, 1.165) is 4.88 Å². The number of nitrogens with one attached hydrogen (secondary N) is 1. The topological polar surface area (TPSA) is 79.3 Å². The molecule has 5 nitrogen and oxygen atoms in total. The Morgan fingerprint density at radius 1 is 1.39 bits per heavy atom. The van der Waals surface area contributed by atoms with Gasteiger partial charge in [0.2, 0.25) is 10.0 Å². The van der Waals surface area contributed by atoms with Gasteiger partial charge in [-0.1, -0.05) is 0 Å². The highest BCUT2D eigenvalue weighted by Crippen LogP contribution is 2.21. The number of hydrogen-bond acceptors (Lipinski definition) is 6. The number of aliphatic hydroxyl groups is 1. The van der Waals surface area contributed by atoms with E-state index < -0.39 is 10.0 Å². The van der Waals surface area contributed by atoms with Crippen molar-refractivity contribution in [1.29, 1.82) is 0 Å². The molecule has 0 saturated heterocycles. The lowest BCUT2D eigenvalue weighted by molar-refractivity contribution is 0.300. The average molecular weight is 304 g/mol. The standard InChI is InChI=1S/C10H12N2O3S3/c13-4-3-9-1-2-10(17-9)18(14,15)12-5-8-6-16-7-11-8/h1-2,6-7,12-13H,3-5H2. The second-order valence-corrected chi connectivity index (χ2v) is 7.38. The molecule has 0 aliphatic carbocycles. The third-order valence-electron chi connectivity index (χ3n) is 2.19. The SMILES string of the molecule is O=S(=O)(NCc1cscn1)c1ccc(CCO)s1. The summed E-state index contributed by atoms with van der Waals surface area (Å²) in [6.07, 6.45) is 0.478. The molecule has 18 heavy (non-hydrogen) atoms. The predicted molar refractivity (Wildman–Crippen MR) is 71.2 cm³/mol. The number of rotatable bonds is 6. The highest BCUT2D eigenvalue weighted by atomic mass is 32.2. The first kappa shape index (κ1) is 13.6. The van der Waals surface area contributed by atoms with E-state index in [-0.39, 0.29) is 17.4 Å². The molecule has 0 radical (unpaired) electrons. The maximum absolute atomic E-state index is 12.0. The first-order valence-corrected chi connectivity index (χ1v) is 8.42. The van der Waals surface area contributed by atoms with Crippen LogP contribution in [-0.4, -0.2) is 25.1 Å². The minimum atomic E-state index is -3.48. The fourth-order valence-electron chi connectivity index (χ4n) is 1.31. The Kier molecular flexibility index (Phi) is 4.46. The van der Waals surface area contributed by atoms with Crippen molar-refractivity contribution in [2.24, 2.45) is 0 Å². The Bertz CT molecular complexity index is 590. The summed E-state index contributed by atoms with van der Waals surface area (Å²) in [5.74, 6) is 0. The van der Waals surface area contributed by atoms with Crippen molar-refractivity contribution in [2.45, 2.75) is 17.2 Å². The normalized spacial score (nSPS) is 11.8. The lowest BCUT2D eigenvalue weighted by atomic mass is 10.4. The van der Waals surface area contributed by atoms with Crippen molar-refractivity contribution in [1.82, 2.24) is 9.71 Å². The maximum Gasteiger partial charge on any atom is 0.250 e. The summed E-state index contributed by atoms with van der Waals surface area (Å²) in [4.78, 5) is 4.86. The second kappa shape index (κ2) is 5.89. The molecule has 0 atom stereocenters. The van der Waals surface area contributed by atoms with E-state index in [2.05, 4.69) is 9.71 Å². The first-order chi connectivity index (χ1) is 8.62. The van der Waals surface area contributed by atoms with E-state index in [4.69, 9.17) is 5.11 Å². The van der Waals surface area contributed by atoms with E-state index in [1.165, 1.54) is 22.7 Å². The minimum absolute atomic E-state index is 0.0201. The summed E-state index contributed by atoms with van der Waals surface area (Å²) in [7, 11) is -3.48. The average Bonchev–Trinajstić information content (AvgIpc) is 2.98.